The summed E-state index contributed by atoms with van der Waals surface area (Å²) < 4.78 is 13.5. The van der Waals surface area contributed by atoms with E-state index >= 15 is 0 Å². The van der Waals surface area contributed by atoms with Crippen molar-refractivity contribution in [3.05, 3.63) is 40.4 Å². The van der Waals surface area contributed by atoms with Gasteiger partial charge in [-0.1, -0.05) is 19.4 Å². The van der Waals surface area contributed by atoms with Crippen molar-refractivity contribution < 1.29 is 14.6 Å². The van der Waals surface area contributed by atoms with Crippen LogP contribution in [-0.2, 0) is 6.42 Å². The van der Waals surface area contributed by atoms with Gasteiger partial charge in [0.2, 0.25) is 5.88 Å². The molecule has 0 saturated heterocycles. The van der Waals surface area contributed by atoms with E-state index in [0.29, 0.717) is 29.4 Å². The summed E-state index contributed by atoms with van der Waals surface area (Å²) in [5.41, 5.74) is 0.101. The number of nitrogens with zero attached hydrogens (tertiary/aromatic N) is 2. The Labute approximate surface area is 154 Å². The molecule has 1 N–H and O–H groups in total. The molecule has 0 saturated carbocycles. The highest BCUT2D eigenvalue weighted by Crippen LogP contribution is 2.37. The zero-order valence-corrected chi connectivity index (χ0v) is 16.2. The lowest BCUT2D eigenvalue weighted by molar-refractivity contribution is 0.226. The molecule has 0 aliphatic heterocycles. The van der Waals surface area contributed by atoms with Crippen LogP contribution in [0.25, 0.3) is 5.69 Å². The molecule has 0 fully saturated rings. The van der Waals surface area contributed by atoms with E-state index in [2.05, 4.69) is 11.9 Å². The lowest BCUT2D eigenvalue weighted by atomic mass is 10.2. The Morgan fingerprint density at radius 3 is 2.19 bits per heavy atom. The number of hydrogen-bond acceptors (Lipinski definition) is 5. The number of unbranched alkanes of at least 4 members (excludes halogenated alkanes) is 1. The van der Waals surface area contributed by atoms with Gasteiger partial charge in [-0.2, -0.15) is 4.98 Å². The summed E-state index contributed by atoms with van der Waals surface area (Å²) in [4.78, 5) is 16.0. The van der Waals surface area contributed by atoms with Crippen LogP contribution < -0.4 is 15.0 Å². The fourth-order valence-electron chi connectivity index (χ4n) is 2.68. The zero-order chi connectivity index (χ0) is 19.3. The maximum atomic E-state index is 11.8. The van der Waals surface area contributed by atoms with Gasteiger partial charge >= 0.3 is 0 Å². The first-order chi connectivity index (χ1) is 12.3. The van der Waals surface area contributed by atoms with Crippen LogP contribution in [0.5, 0.6) is 17.4 Å². The molecule has 0 unspecified atom stereocenters. The molecule has 6 heteroatoms. The molecule has 6 nitrogen and oxygen atoms in total. The molecule has 142 valence electrons. The zero-order valence-electron chi connectivity index (χ0n) is 16.2. The van der Waals surface area contributed by atoms with Gasteiger partial charge in [-0.05, 0) is 46.2 Å². The van der Waals surface area contributed by atoms with E-state index < -0.39 is 5.56 Å². The van der Waals surface area contributed by atoms with Crippen LogP contribution in [0, 0.1) is 0 Å². The summed E-state index contributed by atoms with van der Waals surface area (Å²) in [6.45, 7) is 9.79. The number of rotatable bonds is 8. The highest BCUT2D eigenvalue weighted by Gasteiger charge is 2.21. The number of aromatic hydroxyl groups is 1. The molecule has 1 aromatic heterocycles. The third-order valence-corrected chi connectivity index (χ3v) is 3.64. The largest absolute Gasteiger partial charge is 0.494 e. The van der Waals surface area contributed by atoms with Crippen molar-refractivity contribution in [1.29, 1.82) is 0 Å². The maximum Gasteiger partial charge on any atom is 0.276 e. The molecule has 2 rings (SSSR count). The van der Waals surface area contributed by atoms with Crippen LogP contribution in [0.2, 0.25) is 0 Å². The Hall–Kier alpha value is -2.50. The van der Waals surface area contributed by atoms with E-state index in [1.54, 1.807) is 4.57 Å². The number of aryl methyl sites for hydroxylation is 1. The average molecular weight is 360 g/mol. The van der Waals surface area contributed by atoms with Gasteiger partial charge < -0.3 is 14.6 Å². The van der Waals surface area contributed by atoms with E-state index in [1.807, 2.05) is 45.9 Å². The molecule has 0 radical (unpaired) electrons. The van der Waals surface area contributed by atoms with E-state index in [9.17, 15) is 9.90 Å². The first kappa shape index (κ1) is 19.8. The molecule has 0 atom stereocenters. The number of ether oxygens (including phenoxy) is 2. The van der Waals surface area contributed by atoms with Crippen molar-refractivity contribution in [2.75, 3.05) is 0 Å². The highest BCUT2D eigenvalue weighted by molar-refractivity contribution is 5.59. The molecule has 1 heterocycles. The minimum atomic E-state index is -0.460. The molecule has 0 aliphatic rings. The standard InChI is InChI=1S/C20H28N2O4/c1-6-7-11-17-21-18(23)12-19(24)22(17)20-15(25-13(2)3)9-8-10-16(20)26-14(4)5/h8-10,12-14,24H,6-7,11H2,1-5H3. The average Bonchev–Trinajstić information content (AvgIpc) is 2.53. The Kier molecular flexibility index (Phi) is 6.66. The van der Waals surface area contributed by atoms with Crippen LogP contribution in [0.4, 0.5) is 0 Å². The van der Waals surface area contributed by atoms with E-state index in [4.69, 9.17) is 9.47 Å². The third-order valence-electron chi connectivity index (χ3n) is 3.64. The van der Waals surface area contributed by atoms with Gasteiger partial charge in [0.05, 0.1) is 18.3 Å². The van der Waals surface area contributed by atoms with Gasteiger partial charge in [-0.15, -0.1) is 0 Å². The van der Waals surface area contributed by atoms with Crippen molar-refractivity contribution in [3.8, 4) is 23.1 Å². The molecular formula is C20H28N2O4. The summed E-state index contributed by atoms with van der Waals surface area (Å²) in [6.07, 6.45) is 2.25. The van der Waals surface area contributed by atoms with Crippen molar-refractivity contribution in [2.24, 2.45) is 0 Å². The van der Waals surface area contributed by atoms with E-state index in [1.165, 1.54) is 0 Å². The number of hydrogen-bond donors (Lipinski definition) is 1. The van der Waals surface area contributed by atoms with Crippen molar-refractivity contribution in [3.63, 3.8) is 0 Å². The van der Waals surface area contributed by atoms with E-state index in [-0.39, 0.29) is 18.1 Å². The Balaban J connectivity index is 2.74. The summed E-state index contributed by atoms with van der Waals surface area (Å²) in [7, 11) is 0. The summed E-state index contributed by atoms with van der Waals surface area (Å²) in [5, 5.41) is 10.6. The lowest BCUT2D eigenvalue weighted by Crippen LogP contribution is -2.19. The predicted octanol–water partition coefficient (Wildman–Crippen LogP) is 3.86. The lowest BCUT2D eigenvalue weighted by Gasteiger charge is -2.23. The molecule has 0 aliphatic carbocycles. The minimum absolute atomic E-state index is 0.0587. The Morgan fingerprint density at radius 1 is 1.12 bits per heavy atom. The summed E-state index contributed by atoms with van der Waals surface area (Å²) in [5.74, 6) is 1.45. The topological polar surface area (TPSA) is 73.6 Å². The normalized spacial score (nSPS) is 11.2. The maximum absolute atomic E-state index is 11.8. The van der Waals surface area contributed by atoms with Gasteiger partial charge in [-0.3, -0.25) is 9.36 Å². The highest BCUT2D eigenvalue weighted by atomic mass is 16.5. The second-order valence-corrected chi connectivity index (χ2v) is 6.74. The summed E-state index contributed by atoms with van der Waals surface area (Å²) >= 11 is 0. The van der Waals surface area contributed by atoms with Crippen LogP contribution in [0.3, 0.4) is 0 Å². The monoisotopic (exact) mass is 360 g/mol. The molecule has 1 aromatic carbocycles. The quantitative estimate of drug-likeness (QED) is 0.774. The van der Waals surface area contributed by atoms with Gasteiger partial charge in [0, 0.05) is 6.42 Å². The van der Waals surface area contributed by atoms with E-state index in [0.717, 1.165) is 18.9 Å². The molecule has 26 heavy (non-hydrogen) atoms. The van der Waals surface area contributed by atoms with Crippen molar-refractivity contribution in [1.82, 2.24) is 9.55 Å². The van der Waals surface area contributed by atoms with Gasteiger partial charge in [0.15, 0.2) is 0 Å². The van der Waals surface area contributed by atoms with Crippen LogP contribution in [0.1, 0.15) is 53.3 Å². The third kappa shape index (κ3) is 4.77. The number of aromatic nitrogens is 2. The predicted molar refractivity (Wildman–Crippen MR) is 102 cm³/mol. The molecule has 0 amide bonds. The molecule has 2 aromatic rings. The molecule has 0 spiro atoms. The first-order valence-electron chi connectivity index (χ1n) is 9.12. The fraction of sp³-hybridized carbons (Fsp3) is 0.500. The van der Waals surface area contributed by atoms with Gasteiger partial charge in [0.1, 0.15) is 23.0 Å². The Bertz CT molecular complexity index is 769. The second-order valence-electron chi connectivity index (χ2n) is 6.74. The Morgan fingerprint density at radius 2 is 1.69 bits per heavy atom. The van der Waals surface area contributed by atoms with Gasteiger partial charge in [-0.25, -0.2) is 0 Å². The van der Waals surface area contributed by atoms with Gasteiger partial charge in [0.25, 0.3) is 5.56 Å². The number of para-hydroxylation sites is 1. The van der Waals surface area contributed by atoms with Crippen molar-refractivity contribution in [2.45, 2.75) is 66.1 Å². The molecule has 0 bridgehead atoms. The van der Waals surface area contributed by atoms with Crippen LogP contribution in [0.15, 0.2) is 29.1 Å². The summed E-state index contributed by atoms with van der Waals surface area (Å²) in [6, 6.07) is 6.60. The molecular weight excluding hydrogens is 332 g/mol. The first-order valence-corrected chi connectivity index (χ1v) is 9.12. The van der Waals surface area contributed by atoms with Crippen molar-refractivity contribution >= 4 is 0 Å². The smallest absolute Gasteiger partial charge is 0.276 e. The SMILES string of the molecule is CCCCc1nc(=O)cc(O)n1-c1c(OC(C)C)cccc1OC(C)C. The fourth-order valence-corrected chi connectivity index (χ4v) is 2.68. The number of benzene rings is 1. The van der Waals surface area contributed by atoms with Crippen LogP contribution >= 0.6 is 0 Å². The second kappa shape index (κ2) is 8.74. The van der Waals surface area contributed by atoms with Crippen LogP contribution in [-0.4, -0.2) is 26.9 Å². The minimum Gasteiger partial charge on any atom is -0.494 e.